The van der Waals surface area contributed by atoms with Gasteiger partial charge in [0.2, 0.25) is 0 Å². The average Bonchev–Trinajstić information content (AvgIpc) is 3.50. The van der Waals surface area contributed by atoms with Gasteiger partial charge in [-0.1, -0.05) is 152 Å². The van der Waals surface area contributed by atoms with Crippen LogP contribution in [0.25, 0.3) is 94.6 Å². The first-order valence-electron chi connectivity index (χ1n) is 16.6. The lowest BCUT2D eigenvalue weighted by Gasteiger charge is -2.21. The molecule has 2 nitrogen and oxygen atoms in total. The summed E-state index contributed by atoms with van der Waals surface area (Å²) in [6.45, 7) is 0.821. The van der Waals surface area contributed by atoms with Crippen molar-refractivity contribution in [3.63, 3.8) is 0 Å². The minimum atomic E-state index is 0.821. The van der Waals surface area contributed by atoms with Crippen molar-refractivity contribution in [1.29, 1.82) is 0 Å². The van der Waals surface area contributed by atoms with Crippen LogP contribution in [0.5, 0.6) is 0 Å². The van der Waals surface area contributed by atoms with Crippen LogP contribution < -0.4 is 5.32 Å². The van der Waals surface area contributed by atoms with E-state index < -0.39 is 0 Å². The molecular weight excluding hydrogens is 581 g/mol. The molecular formula is C46H30N2. The number of nitrogens with zero attached hydrogens (tertiary/aromatic N) is 1. The number of hydrogen-bond donors (Lipinski definition) is 1. The molecule has 2 aliphatic rings. The molecule has 7 aromatic carbocycles. The first-order chi connectivity index (χ1) is 23.8. The Kier molecular flexibility index (Phi) is 5.97. The molecule has 0 saturated heterocycles. The van der Waals surface area contributed by atoms with Gasteiger partial charge in [0.05, 0.1) is 16.9 Å². The third kappa shape index (κ3) is 4.09. The van der Waals surface area contributed by atoms with Crippen LogP contribution in [0.2, 0.25) is 0 Å². The van der Waals surface area contributed by atoms with Crippen LogP contribution in [0.4, 0.5) is 5.69 Å². The van der Waals surface area contributed by atoms with E-state index in [1.807, 2.05) is 0 Å². The van der Waals surface area contributed by atoms with Gasteiger partial charge in [-0.15, -0.1) is 0 Å². The fourth-order valence-corrected chi connectivity index (χ4v) is 7.82. The van der Waals surface area contributed by atoms with Crippen LogP contribution in [0.3, 0.4) is 0 Å². The summed E-state index contributed by atoms with van der Waals surface area (Å²) in [5, 5.41) is 7.30. The first kappa shape index (κ1) is 26.9. The second kappa shape index (κ2) is 10.7. The minimum absolute atomic E-state index is 0.821. The lowest BCUT2D eigenvalue weighted by molar-refractivity contribution is 1.30. The summed E-state index contributed by atoms with van der Waals surface area (Å²) in [6.07, 6.45) is 4.33. The predicted octanol–water partition coefficient (Wildman–Crippen LogP) is 12.1. The number of benzene rings is 7. The Bertz CT molecular complexity index is 2580. The Balaban J connectivity index is 1.20. The molecule has 10 rings (SSSR count). The molecule has 0 radical (unpaired) electrons. The summed E-state index contributed by atoms with van der Waals surface area (Å²) in [5.74, 6) is 0. The maximum atomic E-state index is 5.18. The van der Waals surface area contributed by atoms with Crippen molar-refractivity contribution in [2.45, 2.75) is 0 Å². The zero-order valence-electron chi connectivity index (χ0n) is 26.2. The Morgan fingerprint density at radius 1 is 0.458 bits per heavy atom. The Hall–Kier alpha value is -6.25. The molecule has 2 heterocycles. The van der Waals surface area contributed by atoms with Gasteiger partial charge in [-0.25, -0.2) is 4.98 Å². The minimum Gasteiger partial charge on any atom is -0.379 e. The largest absolute Gasteiger partial charge is 0.379 e. The number of hydrogen-bond acceptors (Lipinski definition) is 2. The molecule has 2 heteroatoms. The molecule has 48 heavy (non-hydrogen) atoms. The number of fused-ring (bicyclic) bond motifs is 6. The van der Waals surface area contributed by atoms with E-state index in [0.717, 1.165) is 34.4 Å². The number of aromatic nitrogens is 1. The molecule has 0 amide bonds. The van der Waals surface area contributed by atoms with Gasteiger partial charge in [0.1, 0.15) is 0 Å². The normalized spacial score (nSPS) is 12.6. The van der Waals surface area contributed by atoms with Crippen LogP contribution in [0, 0.1) is 0 Å². The molecule has 1 N–H and O–H groups in total. The van der Waals surface area contributed by atoms with Gasteiger partial charge in [0.15, 0.2) is 0 Å². The smallest absolute Gasteiger partial charge is 0.0947 e. The standard InChI is InChI=1S/C46H30N2/c1-3-10-29(11-4-1)39-28-38(30-19-21-31(22-20-30)40-26-25-35-24-23-34-16-9-27-47-45(34)46(35)48-40)42(33-12-5-2-6-13-33)44-37-18-8-15-32-14-7-17-36(41(32)37)43(39)44/h1-26,28,47H,27H2. The van der Waals surface area contributed by atoms with E-state index in [-0.39, 0.29) is 0 Å². The van der Waals surface area contributed by atoms with Crippen LogP contribution in [-0.4, -0.2) is 11.5 Å². The van der Waals surface area contributed by atoms with Crippen molar-refractivity contribution < 1.29 is 0 Å². The highest BCUT2D eigenvalue weighted by atomic mass is 14.9. The SMILES string of the molecule is C1=Cc2ccc3ccc(-c4ccc(-c5cc(-c6ccccc6)c6c(c5-c5ccccc5)-c5cccc7cccc-6c57)cc4)nc3c2NC1. The van der Waals surface area contributed by atoms with Crippen LogP contribution in [0.1, 0.15) is 5.56 Å². The topological polar surface area (TPSA) is 24.9 Å². The third-order valence-corrected chi connectivity index (χ3v) is 10.00. The number of pyridine rings is 1. The van der Waals surface area contributed by atoms with Crippen molar-refractivity contribution >= 4 is 33.4 Å². The lowest BCUT2D eigenvalue weighted by Crippen LogP contribution is -2.05. The van der Waals surface area contributed by atoms with Crippen molar-refractivity contribution in [3.05, 3.63) is 163 Å². The number of rotatable bonds is 4. The van der Waals surface area contributed by atoms with Gasteiger partial charge in [0, 0.05) is 17.5 Å². The van der Waals surface area contributed by atoms with Crippen LogP contribution in [0.15, 0.2) is 158 Å². The third-order valence-electron chi connectivity index (χ3n) is 10.00. The summed E-state index contributed by atoms with van der Waals surface area (Å²) < 4.78 is 0. The molecule has 0 fully saturated rings. The second-order valence-electron chi connectivity index (χ2n) is 12.7. The summed E-state index contributed by atoms with van der Waals surface area (Å²) in [4.78, 5) is 5.18. The maximum Gasteiger partial charge on any atom is 0.0947 e. The van der Waals surface area contributed by atoms with Gasteiger partial charge < -0.3 is 5.32 Å². The van der Waals surface area contributed by atoms with Gasteiger partial charge >= 0.3 is 0 Å². The molecule has 0 spiro atoms. The van der Waals surface area contributed by atoms with Gasteiger partial charge in [-0.3, -0.25) is 0 Å². The van der Waals surface area contributed by atoms with E-state index in [1.54, 1.807) is 0 Å². The van der Waals surface area contributed by atoms with E-state index in [0.29, 0.717) is 0 Å². The van der Waals surface area contributed by atoms with E-state index in [1.165, 1.54) is 72.0 Å². The molecule has 224 valence electrons. The highest BCUT2D eigenvalue weighted by Gasteiger charge is 2.30. The Labute approximate surface area is 279 Å². The molecule has 1 aliphatic heterocycles. The molecule has 0 unspecified atom stereocenters. The second-order valence-corrected chi connectivity index (χ2v) is 12.7. The molecule has 1 aliphatic carbocycles. The van der Waals surface area contributed by atoms with Gasteiger partial charge in [-0.05, 0) is 84.1 Å². The number of anilines is 1. The number of nitrogens with one attached hydrogen (secondary N) is 1. The van der Waals surface area contributed by atoms with Crippen molar-refractivity contribution in [2.75, 3.05) is 11.9 Å². The molecule has 1 aromatic heterocycles. The molecule has 0 atom stereocenters. The van der Waals surface area contributed by atoms with E-state index in [2.05, 4.69) is 169 Å². The monoisotopic (exact) mass is 610 g/mol. The summed E-state index contributed by atoms with van der Waals surface area (Å²) in [5.41, 5.74) is 18.0. The Morgan fingerprint density at radius 2 is 1.10 bits per heavy atom. The summed E-state index contributed by atoms with van der Waals surface area (Å²) in [7, 11) is 0. The van der Waals surface area contributed by atoms with Crippen molar-refractivity contribution in [2.24, 2.45) is 0 Å². The van der Waals surface area contributed by atoms with Crippen LogP contribution in [-0.2, 0) is 0 Å². The fraction of sp³-hybridized carbons (Fsp3) is 0.0217. The predicted molar refractivity (Wildman–Crippen MR) is 203 cm³/mol. The van der Waals surface area contributed by atoms with E-state index in [4.69, 9.17) is 4.98 Å². The zero-order valence-corrected chi connectivity index (χ0v) is 26.2. The average molecular weight is 611 g/mol. The highest BCUT2D eigenvalue weighted by Crippen LogP contribution is 2.57. The molecule has 8 aromatic rings. The Morgan fingerprint density at radius 3 is 1.88 bits per heavy atom. The molecule has 0 saturated carbocycles. The maximum absolute atomic E-state index is 5.18. The van der Waals surface area contributed by atoms with Gasteiger partial charge in [-0.2, -0.15) is 0 Å². The quantitative estimate of drug-likeness (QED) is 0.214. The van der Waals surface area contributed by atoms with Gasteiger partial charge in [0.25, 0.3) is 0 Å². The highest BCUT2D eigenvalue weighted by molar-refractivity contribution is 6.22. The van der Waals surface area contributed by atoms with E-state index in [9.17, 15) is 0 Å². The van der Waals surface area contributed by atoms with Crippen molar-refractivity contribution in [3.8, 4) is 66.9 Å². The van der Waals surface area contributed by atoms with E-state index >= 15 is 0 Å². The first-order valence-corrected chi connectivity index (χ1v) is 16.6. The lowest BCUT2D eigenvalue weighted by atomic mass is 9.82. The van der Waals surface area contributed by atoms with Crippen molar-refractivity contribution in [1.82, 2.24) is 4.98 Å². The summed E-state index contributed by atoms with van der Waals surface area (Å²) >= 11 is 0. The molecule has 0 bridgehead atoms. The fourth-order valence-electron chi connectivity index (χ4n) is 7.82. The zero-order chi connectivity index (χ0) is 31.6. The van der Waals surface area contributed by atoms with Crippen LogP contribution >= 0.6 is 0 Å². The summed E-state index contributed by atoms with van der Waals surface area (Å²) in [6, 6.07) is 55.3.